The van der Waals surface area contributed by atoms with Gasteiger partial charge in [-0.2, -0.15) is 0 Å². The van der Waals surface area contributed by atoms with Crippen LogP contribution in [-0.4, -0.2) is 47.3 Å². The molecule has 0 aromatic carbocycles. The van der Waals surface area contributed by atoms with Crippen LogP contribution >= 0.6 is 0 Å². The molecule has 7 atom stereocenters. The molecular weight excluding hydrogens is 360 g/mol. The highest BCUT2D eigenvalue weighted by Gasteiger charge is 2.61. The normalized spacial score (nSPS) is 44.1. The average Bonchev–Trinajstić information content (AvgIpc) is 3.02. The van der Waals surface area contributed by atoms with Crippen molar-refractivity contribution in [3.05, 3.63) is 0 Å². The molecule has 3 saturated carbocycles. The molecule has 0 N–H and O–H groups in total. The second kappa shape index (κ2) is 7.57. The maximum atomic E-state index is 12.5. The van der Waals surface area contributed by atoms with Gasteiger partial charge in [0.1, 0.15) is 0 Å². The summed E-state index contributed by atoms with van der Waals surface area (Å²) in [6.07, 6.45) is 11.5. The predicted octanol–water partition coefficient (Wildman–Crippen LogP) is 4.87. The Morgan fingerprint density at radius 2 is 1.79 bits per heavy atom. The van der Waals surface area contributed by atoms with Gasteiger partial charge in [-0.3, -0.25) is 9.59 Å². The van der Waals surface area contributed by atoms with Gasteiger partial charge in [0.05, 0.1) is 0 Å². The maximum Gasteiger partial charge on any atom is 0.222 e. The van der Waals surface area contributed by atoms with Crippen molar-refractivity contribution in [2.75, 3.05) is 13.6 Å². The lowest BCUT2D eigenvalue weighted by Crippen LogP contribution is -2.62. The van der Waals surface area contributed by atoms with Crippen molar-refractivity contribution in [1.82, 2.24) is 9.80 Å². The number of amides is 2. The van der Waals surface area contributed by atoms with E-state index in [1.165, 1.54) is 38.5 Å². The van der Waals surface area contributed by atoms with E-state index in [0.29, 0.717) is 18.0 Å². The number of hydrogen-bond donors (Lipinski definition) is 0. The molecule has 0 aromatic rings. The lowest BCUT2D eigenvalue weighted by molar-refractivity contribution is -0.159. The molecule has 0 spiro atoms. The molecule has 0 radical (unpaired) electrons. The lowest BCUT2D eigenvalue weighted by Gasteiger charge is -2.62. The molecule has 1 saturated heterocycles. The Bertz CT molecular complexity index is 663. The van der Waals surface area contributed by atoms with Crippen molar-refractivity contribution in [3.63, 3.8) is 0 Å². The van der Waals surface area contributed by atoms with E-state index >= 15 is 0 Å². The molecule has 29 heavy (non-hydrogen) atoms. The predicted molar refractivity (Wildman–Crippen MR) is 116 cm³/mol. The minimum atomic E-state index is 0.274. The third-order valence-corrected chi connectivity index (χ3v) is 10.0. The third kappa shape index (κ3) is 3.15. The fourth-order valence-corrected chi connectivity index (χ4v) is 8.50. The molecule has 4 heteroatoms. The van der Waals surface area contributed by atoms with Crippen LogP contribution in [0.15, 0.2) is 0 Å². The molecular formula is C25H42N2O2. The molecule has 0 aromatic heterocycles. The van der Waals surface area contributed by atoms with Crippen LogP contribution in [0.1, 0.15) is 91.9 Å². The number of carbonyl (C=O) groups is 2. The summed E-state index contributed by atoms with van der Waals surface area (Å²) in [6.45, 7) is 9.93. The van der Waals surface area contributed by atoms with Gasteiger partial charge in [0, 0.05) is 39.0 Å². The number of rotatable bonds is 4. The summed E-state index contributed by atoms with van der Waals surface area (Å²) in [4.78, 5) is 29.2. The zero-order chi connectivity index (χ0) is 21.0. The Kier molecular flexibility index (Phi) is 5.53. The Morgan fingerprint density at radius 3 is 2.48 bits per heavy atom. The largest absolute Gasteiger partial charge is 0.342 e. The zero-order valence-corrected chi connectivity index (χ0v) is 19.4. The number of piperidine rings is 1. The summed E-state index contributed by atoms with van der Waals surface area (Å²) in [7, 11) is 2.04. The Labute approximate surface area is 177 Å². The molecule has 164 valence electrons. The first-order valence-corrected chi connectivity index (χ1v) is 12.3. The van der Waals surface area contributed by atoms with Crippen LogP contribution in [0.4, 0.5) is 0 Å². The Hall–Kier alpha value is -1.06. The summed E-state index contributed by atoms with van der Waals surface area (Å²) in [5.74, 6) is 2.89. The van der Waals surface area contributed by atoms with Crippen LogP contribution in [0, 0.1) is 28.6 Å². The van der Waals surface area contributed by atoms with Crippen LogP contribution in [0.2, 0.25) is 0 Å². The number of likely N-dealkylation sites (tertiary alicyclic amines) is 1. The summed E-state index contributed by atoms with van der Waals surface area (Å²) in [5, 5.41) is 0. The first-order valence-electron chi connectivity index (χ1n) is 12.3. The number of nitrogens with zero attached hydrogens (tertiary/aromatic N) is 2. The number of hydrogen-bond acceptors (Lipinski definition) is 2. The van der Waals surface area contributed by atoms with Crippen molar-refractivity contribution in [2.45, 2.75) is 104 Å². The standard InChI is InChI=1S/C25H42N2O2/c1-6-7-16-27(17(2)28)22-11-9-19-18-8-10-21-24(3,15-13-23(29)26(21)5)20(18)12-14-25(19,22)4/h18-22H,6-16H2,1-5H3/t18?,19?,20?,21-,22+,24-,25+/m1/s1. The van der Waals surface area contributed by atoms with Gasteiger partial charge in [-0.05, 0) is 80.0 Å². The highest BCUT2D eigenvalue weighted by atomic mass is 16.2. The van der Waals surface area contributed by atoms with Crippen molar-refractivity contribution in [2.24, 2.45) is 28.6 Å². The smallest absolute Gasteiger partial charge is 0.222 e. The second-order valence-electron chi connectivity index (χ2n) is 11.2. The van der Waals surface area contributed by atoms with E-state index in [-0.39, 0.29) is 16.7 Å². The summed E-state index contributed by atoms with van der Waals surface area (Å²) >= 11 is 0. The van der Waals surface area contributed by atoms with E-state index < -0.39 is 0 Å². The SMILES string of the molecule is CCCCN(C(C)=O)[C@H]1CCC2C3CC[C@H]4N(C)C(=O)CC[C@]4(C)C3CC[C@@]21C. The van der Waals surface area contributed by atoms with E-state index in [2.05, 4.69) is 30.6 Å². The van der Waals surface area contributed by atoms with Crippen LogP contribution in [-0.2, 0) is 9.59 Å². The molecule has 4 aliphatic rings. The second-order valence-corrected chi connectivity index (χ2v) is 11.2. The van der Waals surface area contributed by atoms with Gasteiger partial charge in [-0.15, -0.1) is 0 Å². The Morgan fingerprint density at radius 1 is 1.07 bits per heavy atom. The summed E-state index contributed by atoms with van der Waals surface area (Å²) < 4.78 is 0. The minimum absolute atomic E-state index is 0.274. The van der Waals surface area contributed by atoms with Gasteiger partial charge in [-0.25, -0.2) is 0 Å². The molecule has 3 aliphatic carbocycles. The van der Waals surface area contributed by atoms with Crippen LogP contribution in [0.3, 0.4) is 0 Å². The van der Waals surface area contributed by atoms with E-state index in [0.717, 1.165) is 50.0 Å². The van der Waals surface area contributed by atoms with Gasteiger partial charge in [0.15, 0.2) is 0 Å². The maximum absolute atomic E-state index is 12.5. The van der Waals surface area contributed by atoms with Gasteiger partial charge in [0.2, 0.25) is 11.8 Å². The molecule has 1 aliphatic heterocycles. The van der Waals surface area contributed by atoms with E-state index in [9.17, 15) is 9.59 Å². The highest BCUT2D eigenvalue weighted by Crippen LogP contribution is 2.65. The van der Waals surface area contributed by atoms with Gasteiger partial charge < -0.3 is 9.80 Å². The van der Waals surface area contributed by atoms with Crippen molar-refractivity contribution >= 4 is 11.8 Å². The Balaban J connectivity index is 1.58. The van der Waals surface area contributed by atoms with Crippen molar-refractivity contribution in [1.29, 1.82) is 0 Å². The molecule has 2 amide bonds. The minimum Gasteiger partial charge on any atom is -0.342 e. The van der Waals surface area contributed by atoms with E-state index in [1.54, 1.807) is 6.92 Å². The molecule has 4 fully saturated rings. The number of unbranched alkanes of at least 4 members (excludes halogenated alkanes) is 1. The van der Waals surface area contributed by atoms with Crippen LogP contribution in [0.5, 0.6) is 0 Å². The van der Waals surface area contributed by atoms with Crippen LogP contribution < -0.4 is 0 Å². The van der Waals surface area contributed by atoms with Crippen LogP contribution in [0.25, 0.3) is 0 Å². The van der Waals surface area contributed by atoms with Crippen molar-refractivity contribution < 1.29 is 9.59 Å². The topological polar surface area (TPSA) is 40.6 Å². The van der Waals surface area contributed by atoms with Gasteiger partial charge >= 0.3 is 0 Å². The lowest BCUT2D eigenvalue weighted by atomic mass is 9.47. The zero-order valence-electron chi connectivity index (χ0n) is 19.4. The molecule has 0 bridgehead atoms. The average molecular weight is 403 g/mol. The quantitative estimate of drug-likeness (QED) is 0.673. The summed E-state index contributed by atoms with van der Waals surface area (Å²) in [6, 6.07) is 0.864. The number of fused-ring (bicyclic) bond motifs is 5. The van der Waals surface area contributed by atoms with Gasteiger partial charge in [0.25, 0.3) is 0 Å². The fourth-order valence-electron chi connectivity index (χ4n) is 8.50. The first kappa shape index (κ1) is 21.2. The first-order chi connectivity index (χ1) is 13.7. The third-order valence-electron chi connectivity index (χ3n) is 10.0. The molecule has 4 nitrogen and oxygen atoms in total. The monoisotopic (exact) mass is 402 g/mol. The van der Waals surface area contributed by atoms with E-state index in [1.807, 2.05) is 7.05 Å². The fraction of sp³-hybridized carbons (Fsp3) is 0.920. The van der Waals surface area contributed by atoms with Crippen molar-refractivity contribution in [3.8, 4) is 0 Å². The number of carbonyl (C=O) groups excluding carboxylic acids is 2. The molecule has 1 heterocycles. The molecule has 3 unspecified atom stereocenters. The highest BCUT2D eigenvalue weighted by molar-refractivity contribution is 5.77. The van der Waals surface area contributed by atoms with E-state index in [4.69, 9.17) is 0 Å². The molecule has 4 rings (SSSR count). The summed E-state index contributed by atoms with van der Waals surface area (Å²) in [5.41, 5.74) is 0.563. The van der Waals surface area contributed by atoms with Gasteiger partial charge in [-0.1, -0.05) is 27.2 Å².